The first-order chi connectivity index (χ1) is 27.4. The van der Waals surface area contributed by atoms with Gasteiger partial charge in [-0.2, -0.15) is 9.97 Å². The summed E-state index contributed by atoms with van der Waals surface area (Å²) >= 11 is 5.81. The topological polar surface area (TPSA) is 150 Å². The quantitative estimate of drug-likeness (QED) is 0.135. The minimum absolute atomic E-state index is 0.0185. The van der Waals surface area contributed by atoms with Gasteiger partial charge >= 0.3 is 0 Å². The zero-order valence-corrected chi connectivity index (χ0v) is 32.8. The van der Waals surface area contributed by atoms with E-state index in [1.54, 1.807) is 70.8 Å². The molecular formula is C40H43ClF2N12O2. The fraction of sp³-hybridized carbons (Fsp3) is 0.350. The zero-order chi connectivity index (χ0) is 39.9. The van der Waals surface area contributed by atoms with E-state index in [-0.39, 0.29) is 28.0 Å². The van der Waals surface area contributed by atoms with Gasteiger partial charge in [-0.25, -0.2) is 28.7 Å². The lowest BCUT2D eigenvalue weighted by molar-refractivity contribution is 0.210. The Morgan fingerprint density at radius 1 is 0.737 bits per heavy atom. The molecule has 0 aliphatic carbocycles. The highest BCUT2D eigenvalue weighted by Gasteiger charge is 2.44. The summed E-state index contributed by atoms with van der Waals surface area (Å²) in [6.07, 6.45) is 14.6. The van der Waals surface area contributed by atoms with Crippen LogP contribution in [0.3, 0.4) is 0 Å². The van der Waals surface area contributed by atoms with Crippen molar-refractivity contribution in [3.63, 3.8) is 0 Å². The van der Waals surface area contributed by atoms with Crippen molar-refractivity contribution in [2.45, 2.75) is 64.5 Å². The average Bonchev–Trinajstić information content (AvgIpc) is 3.99. The van der Waals surface area contributed by atoms with Crippen LogP contribution in [0.5, 0.6) is 11.5 Å². The first-order valence-electron chi connectivity index (χ1n) is 18.7. The van der Waals surface area contributed by atoms with Crippen molar-refractivity contribution < 1.29 is 18.3 Å². The number of hydrogen-bond donors (Lipinski definition) is 2. The summed E-state index contributed by atoms with van der Waals surface area (Å²) in [7, 11) is 0. The molecule has 0 amide bonds. The lowest BCUT2D eigenvalue weighted by atomic mass is 9.99. The predicted octanol–water partition coefficient (Wildman–Crippen LogP) is 7.39. The van der Waals surface area contributed by atoms with E-state index in [1.807, 2.05) is 13.8 Å². The lowest BCUT2D eigenvalue weighted by Crippen LogP contribution is -2.49. The molecule has 0 saturated carbocycles. The molecule has 2 atom stereocenters. The van der Waals surface area contributed by atoms with E-state index in [0.29, 0.717) is 47.7 Å². The predicted molar refractivity (Wildman–Crippen MR) is 214 cm³/mol. The number of aryl methyl sites for hydroxylation is 2. The molecule has 4 aliphatic heterocycles. The SMILES string of the molecule is C[C@@]12CCCN1c1nc(Cl)ncc1OC2.Cc1cn(-c2ccc(N)cc2F)cn1.Cc1cn(-c2ccc(Nc3ncc4c(n3)N3CCC[C@@]3(C)CO4)cc2F)cn1. The molecule has 17 heteroatoms. The van der Waals surface area contributed by atoms with Crippen molar-refractivity contribution in [3.8, 4) is 22.9 Å². The highest BCUT2D eigenvalue weighted by molar-refractivity contribution is 6.28. The average molecular weight is 797 g/mol. The highest BCUT2D eigenvalue weighted by atomic mass is 35.5. The maximum absolute atomic E-state index is 14.6. The molecule has 4 aromatic heterocycles. The van der Waals surface area contributed by atoms with E-state index in [1.165, 1.54) is 18.6 Å². The van der Waals surface area contributed by atoms with Crippen molar-refractivity contribution in [1.29, 1.82) is 0 Å². The van der Waals surface area contributed by atoms with E-state index in [0.717, 1.165) is 61.1 Å². The number of nitrogens with one attached hydrogen (secondary N) is 1. The van der Waals surface area contributed by atoms with Crippen LogP contribution in [0, 0.1) is 25.5 Å². The van der Waals surface area contributed by atoms with Gasteiger partial charge in [0.1, 0.15) is 24.8 Å². The van der Waals surface area contributed by atoms with Crippen LogP contribution >= 0.6 is 11.6 Å². The number of nitrogens with two attached hydrogens (primary N) is 1. The molecule has 2 fully saturated rings. The first-order valence-corrected chi connectivity index (χ1v) is 19.1. The third kappa shape index (κ3) is 7.73. The first kappa shape index (κ1) is 37.9. The van der Waals surface area contributed by atoms with E-state index < -0.39 is 0 Å². The highest BCUT2D eigenvalue weighted by Crippen LogP contribution is 2.43. The minimum atomic E-state index is -0.351. The molecule has 0 bridgehead atoms. The molecule has 0 radical (unpaired) electrons. The summed E-state index contributed by atoms with van der Waals surface area (Å²) in [4.78, 5) is 29.9. The Kier molecular flexibility index (Phi) is 10.1. The smallest absolute Gasteiger partial charge is 0.229 e. The molecule has 10 rings (SSSR count). The van der Waals surface area contributed by atoms with Crippen molar-refractivity contribution in [2.24, 2.45) is 0 Å². The summed E-state index contributed by atoms with van der Waals surface area (Å²) < 4.78 is 42.8. The molecule has 2 aromatic carbocycles. The Hall–Kier alpha value is -6.03. The maximum atomic E-state index is 14.6. The number of fused-ring (bicyclic) bond motifs is 6. The molecule has 57 heavy (non-hydrogen) atoms. The zero-order valence-electron chi connectivity index (χ0n) is 32.1. The number of anilines is 5. The number of rotatable bonds is 4. The number of aromatic nitrogens is 8. The summed E-state index contributed by atoms with van der Waals surface area (Å²) in [5.74, 6) is 2.82. The number of benzene rings is 2. The van der Waals surface area contributed by atoms with Crippen LogP contribution in [-0.4, -0.2) is 76.4 Å². The van der Waals surface area contributed by atoms with Crippen LogP contribution in [0.25, 0.3) is 11.4 Å². The standard InChI is InChI=1S/C20H21FN6O.C10H12ClN3O.C10H10FN3/c1-13-10-26(12-23-13)16-5-4-14(8-15(16)21)24-19-22-9-17-18(25-19)27-7-3-6-20(27,2)11-28-17;1-10-3-2-4-14(10)8-7(15-6-10)5-12-9(11)13-8;1-7-5-14(6-13-7)10-3-2-8(12)4-9(10)11/h4-5,8-10,12H,3,6-7,11H2,1-2H3,(H,22,24,25);5H,2-4,6H2,1H3;2-6H,12H2,1H3/t20-;10-;/m00./s1. The molecule has 8 heterocycles. The molecular weight excluding hydrogens is 754 g/mol. The van der Waals surface area contributed by atoms with Crippen LogP contribution in [0.4, 0.5) is 37.7 Å². The normalized spacial score (nSPS) is 20.1. The number of hydrogen-bond acceptors (Lipinski definition) is 12. The van der Waals surface area contributed by atoms with Gasteiger partial charge in [-0.05, 0) is 101 Å². The Morgan fingerprint density at radius 2 is 1.28 bits per heavy atom. The second kappa shape index (κ2) is 15.1. The Labute approximate surface area is 333 Å². The van der Waals surface area contributed by atoms with Gasteiger partial charge in [0, 0.05) is 36.9 Å². The Bertz CT molecular complexity index is 2430. The van der Waals surface area contributed by atoms with Crippen LogP contribution < -0.4 is 30.3 Å². The van der Waals surface area contributed by atoms with Crippen molar-refractivity contribution >= 4 is 40.6 Å². The van der Waals surface area contributed by atoms with Crippen molar-refractivity contribution in [2.75, 3.05) is 47.2 Å². The minimum Gasteiger partial charge on any atom is -0.486 e. The monoisotopic (exact) mass is 796 g/mol. The van der Waals surface area contributed by atoms with Gasteiger partial charge < -0.3 is 39.5 Å². The summed E-state index contributed by atoms with van der Waals surface area (Å²) in [5, 5.41) is 3.39. The summed E-state index contributed by atoms with van der Waals surface area (Å²) in [6.45, 7) is 11.5. The van der Waals surface area contributed by atoms with Gasteiger partial charge in [-0.1, -0.05) is 0 Å². The Balaban J connectivity index is 0.000000132. The fourth-order valence-corrected chi connectivity index (χ4v) is 7.78. The fourth-order valence-electron chi connectivity index (χ4n) is 7.65. The summed E-state index contributed by atoms with van der Waals surface area (Å²) in [6, 6.07) is 9.53. The summed E-state index contributed by atoms with van der Waals surface area (Å²) in [5.41, 5.74) is 9.10. The van der Waals surface area contributed by atoms with Gasteiger partial charge in [0.15, 0.2) is 23.1 Å². The molecule has 3 N–H and O–H groups in total. The molecule has 296 valence electrons. The van der Waals surface area contributed by atoms with Gasteiger partial charge in [-0.15, -0.1) is 0 Å². The second-order valence-electron chi connectivity index (χ2n) is 15.1. The van der Waals surface area contributed by atoms with Crippen LogP contribution in [0.15, 0.2) is 73.8 Å². The van der Waals surface area contributed by atoms with Crippen LogP contribution in [0.1, 0.15) is 50.9 Å². The number of halogens is 3. The molecule has 0 spiro atoms. The lowest BCUT2D eigenvalue weighted by Gasteiger charge is -2.40. The van der Waals surface area contributed by atoms with Gasteiger partial charge in [0.25, 0.3) is 0 Å². The van der Waals surface area contributed by atoms with Gasteiger partial charge in [-0.3, -0.25) is 0 Å². The Morgan fingerprint density at radius 3 is 1.82 bits per heavy atom. The second-order valence-corrected chi connectivity index (χ2v) is 15.5. The molecule has 4 aliphatic rings. The van der Waals surface area contributed by atoms with E-state index in [2.05, 4.69) is 58.9 Å². The molecule has 2 saturated heterocycles. The number of nitrogen functional groups attached to an aromatic ring is 1. The molecule has 0 unspecified atom stereocenters. The van der Waals surface area contributed by atoms with E-state index in [9.17, 15) is 8.78 Å². The van der Waals surface area contributed by atoms with Gasteiger partial charge in [0.05, 0.1) is 58.9 Å². The maximum Gasteiger partial charge on any atom is 0.229 e. The number of ether oxygens (including phenoxy) is 2. The van der Waals surface area contributed by atoms with Gasteiger partial charge in [0.2, 0.25) is 11.2 Å². The van der Waals surface area contributed by atoms with E-state index >= 15 is 0 Å². The largest absolute Gasteiger partial charge is 0.486 e. The third-order valence-electron chi connectivity index (χ3n) is 10.7. The molecule has 6 aromatic rings. The van der Waals surface area contributed by atoms with E-state index in [4.69, 9.17) is 26.8 Å². The number of imidazole rings is 2. The van der Waals surface area contributed by atoms with Crippen LogP contribution in [0.2, 0.25) is 5.28 Å². The third-order valence-corrected chi connectivity index (χ3v) is 10.9. The van der Waals surface area contributed by atoms with Crippen LogP contribution in [-0.2, 0) is 0 Å². The molecule has 14 nitrogen and oxygen atoms in total. The number of nitrogens with zero attached hydrogens (tertiary/aromatic N) is 10. The van der Waals surface area contributed by atoms with Crippen molar-refractivity contribution in [1.82, 2.24) is 39.0 Å². The van der Waals surface area contributed by atoms with Crippen molar-refractivity contribution in [3.05, 3.63) is 102 Å².